The maximum Gasteiger partial charge on any atom is 0.127 e. The molecule has 128 valence electrons. The first-order chi connectivity index (χ1) is 11.9. The van der Waals surface area contributed by atoms with Crippen LogP contribution in [0.4, 0.5) is 0 Å². The number of nitriles is 1. The molecule has 0 heterocycles. The number of ether oxygens (including phenoxy) is 1. The van der Waals surface area contributed by atoms with Crippen LogP contribution in [0.1, 0.15) is 25.3 Å². The van der Waals surface area contributed by atoms with Gasteiger partial charge in [0.05, 0.1) is 12.0 Å². The first kappa shape index (κ1) is 17.9. The molecule has 1 aliphatic carbocycles. The van der Waals surface area contributed by atoms with Crippen LogP contribution in [-0.2, 0) is 0 Å². The van der Waals surface area contributed by atoms with Gasteiger partial charge in [0, 0.05) is 0 Å². The van der Waals surface area contributed by atoms with Gasteiger partial charge in [-0.25, -0.2) is 0 Å². The lowest BCUT2D eigenvalue weighted by atomic mass is 9.91. The minimum Gasteiger partial charge on any atom is -0.457 e. The van der Waals surface area contributed by atoms with E-state index in [9.17, 15) is 5.26 Å². The van der Waals surface area contributed by atoms with E-state index in [0.29, 0.717) is 0 Å². The summed E-state index contributed by atoms with van der Waals surface area (Å²) in [6.07, 6.45) is 1.85. The molecule has 0 spiro atoms. The Morgan fingerprint density at radius 2 is 1.80 bits per heavy atom. The zero-order valence-corrected chi connectivity index (χ0v) is 15.6. The second-order valence-electron chi connectivity index (χ2n) is 6.92. The molecule has 0 amide bonds. The molecule has 3 unspecified atom stereocenters. The lowest BCUT2D eigenvalue weighted by molar-refractivity contribution is 0.479. The van der Waals surface area contributed by atoms with Crippen LogP contribution in [0, 0.1) is 28.6 Å². The SMILES string of the molecule is CC1(C)C(C=C(Cl)Cl)C1C(C#N)c1cccc(Oc2ccccc2)c1. The van der Waals surface area contributed by atoms with E-state index in [-0.39, 0.29) is 27.7 Å². The van der Waals surface area contributed by atoms with Crippen molar-refractivity contribution in [3.8, 4) is 17.6 Å². The molecule has 2 nitrogen and oxygen atoms in total. The Balaban J connectivity index is 1.84. The molecular weight excluding hydrogens is 353 g/mol. The van der Waals surface area contributed by atoms with E-state index in [0.717, 1.165) is 17.1 Å². The predicted octanol–water partition coefficient (Wildman–Crippen LogP) is 6.68. The molecule has 25 heavy (non-hydrogen) atoms. The summed E-state index contributed by atoms with van der Waals surface area (Å²) in [6, 6.07) is 19.8. The summed E-state index contributed by atoms with van der Waals surface area (Å²) < 4.78 is 6.16. The van der Waals surface area contributed by atoms with Gasteiger partial charge in [-0.1, -0.05) is 73.5 Å². The minimum atomic E-state index is -0.233. The summed E-state index contributed by atoms with van der Waals surface area (Å²) >= 11 is 11.7. The van der Waals surface area contributed by atoms with Crippen LogP contribution >= 0.6 is 23.2 Å². The fourth-order valence-electron chi connectivity index (χ4n) is 3.57. The van der Waals surface area contributed by atoms with Gasteiger partial charge in [-0.2, -0.15) is 5.26 Å². The average Bonchev–Trinajstić information content (AvgIpc) is 3.09. The van der Waals surface area contributed by atoms with E-state index < -0.39 is 0 Å². The average molecular weight is 372 g/mol. The third kappa shape index (κ3) is 3.84. The number of halogens is 2. The van der Waals surface area contributed by atoms with E-state index in [1.54, 1.807) is 0 Å². The van der Waals surface area contributed by atoms with Crippen LogP contribution in [0.25, 0.3) is 0 Å². The molecule has 0 radical (unpaired) electrons. The van der Waals surface area contributed by atoms with Gasteiger partial charge in [0.25, 0.3) is 0 Å². The van der Waals surface area contributed by atoms with E-state index in [1.165, 1.54) is 0 Å². The van der Waals surface area contributed by atoms with Crippen molar-refractivity contribution in [2.45, 2.75) is 19.8 Å². The van der Waals surface area contributed by atoms with E-state index >= 15 is 0 Å². The quantitative estimate of drug-likeness (QED) is 0.587. The van der Waals surface area contributed by atoms with Crippen LogP contribution in [0.5, 0.6) is 11.5 Å². The fraction of sp³-hybridized carbons (Fsp3) is 0.286. The van der Waals surface area contributed by atoms with Gasteiger partial charge in [0.1, 0.15) is 16.0 Å². The highest BCUT2D eigenvalue weighted by atomic mass is 35.5. The van der Waals surface area contributed by atoms with E-state index in [2.05, 4.69) is 19.9 Å². The van der Waals surface area contributed by atoms with Crippen molar-refractivity contribution in [1.29, 1.82) is 5.26 Å². The largest absolute Gasteiger partial charge is 0.457 e. The molecule has 1 saturated carbocycles. The number of allylic oxidation sites excluding steroid dienone is 1. The highest BCUT2D eigenvalue weighted by Crippen LogP contribution is 2.65. The monoisotopic (exact) mass is 371 g/mol. The van der Waals surface area contributed by atoms with Gasteiger partial charge >= 0.3 is 0 Å². The van der Waals surface area contributed by atoms with Crippen molar-refractivity contribution in [2.75, 3.05) is 0 Å². The first-order valence-electron chi connectivity index (χ1n) is 8.19. The number of para-hydroxylation sites is 1. The molecule has 0 bridgehead atoms. The summed E-state index contributed by atoms with van der Waals surface area (Å²) in [5, 5.41) is 9.78. The Hall–Kier alpha value is -1.95. The minimum absolute atomic E-state index is 0.00822. The van der Waals surface area contributed by atoms with E-state index in [4.69, 9.17) is 27.9 Å². The predicted molar refractivity (Wildman–Crippen MR) is 102 cm³/mol. The van der Waals surface area contributed by atoms with Gasteiger partial charge in [-0.3, -0.25) is 0 Å². The third-order valence-corrected chi connectivity index (χ3v) is 5.25. The van der Waals surface area contributed by atoms with Crippen molar-refractivity contribution in [1.82, 2.24) is 0 Å². The summed E-state index contributed by atoms with van der Waals surface area (Å²) in [6.45, 7) is 4.29. The van der Waals surface area contributed by atoms with Crippen molar-refractivity contribution >= 4 is 23.2 Å². The third-order valence-electron chi connectivity index (χ3n) is 5.00. The lowest BCUT2D eigenvalue weighted by Gasteiger charge is -2.13. The molecule has 0 saturated heterocycles. The first-order valence-corrected chi connectivity index (χ1v) is 8.94. The maximum absolute atomic E-state index is 9.78. The zero-order chi connectivity index (χ0) is 18.0. The fourth-order valence-corrected chi connectivity index (χ4v) is 3.84. The molecule has 4 heteroatoms. The number of benzene rings is 2. The highest BCUT2D eigenvalue weighted by Gasteiger charge is 2.60. The lowest BCUT2D eigenvalue weighted by Crippen LogP contribution is -2.03. The molecular formula is C21H19Cl2NO. The Morgan fingerprint density at radius 3 is 2.44 bits per heavy atom. The van der Waals surface area contributed by atoms with Crippen LogP contribution < -0.4 is 4.74 Å². The second kappa shape index (κ2) is 7.12. The van der Waals surface area contributed by atoms with Crippen LogP contribution in [0.15, 0.2) is 65.2 Å². The second-order valence-corrected chi connectivity index (χ2v) is 7.93. The van der Waals surface area contributed by atoms with Crippen molar-refractivity contribution in [3.63, 3.8) is 0 Å². The van der Waals surface area contributed by atoms with Gasteiger partial charge in [0.15, 0.2) is 0 Å². The zero-order valence-electron chi connectivity index (χ0n) is 14.1. The van der Waals surface area contributed by atoms with Crippen molar-refractivity contribution in [3.05, 3.63) is 70.7 Å². The molecule has 1 aliphatic rings. The summed E-state index contributed by atoms with van der Waals surface area (Å²) in [5.41, 5.74) is 0.946. The van der Waals surface area contributed by atoms with Gasteiger partial charge < -0.3 is 4.74 Å². The van der Waals surface area contributed by atoms with Crippen LogP contribution in [-0.4, -0.2) is 0 Å². The Morgan fingerprint density at radius 1 is 1.12 bits per heavy atom. The van der Waals surface area contributed by atoms with Crippen molar-refractivity contribution in [2.24, 2.45) is 17.3 Å². The number of hydrogen-bond acceptors (Lipinski definition) is 2. The standard InChI is InChI=1S/C21H19Cl2NO/c1-21(2)18(12-19(22)23)20(21)17(13-24)14-7-6-10-16(11-14)25-15-8-4-3-5-9-15/h3-12,17-18,20H,1-2H3. The van der Waals surface area contributed by atoms with Gasteiger partial charge in [-0.15, -0.1) is 0 Å². The van der Waals surface area contributed by atoms with Crippen LogP contribution in [0.2, 0.25) is 0 Å². The smallest absolute Gasteiger partial charge is 0.127 e. The summed E-state index contributed by atoms with van der Waals surface area (Å²) in [7, 11) is 0. The normalized spacial score (nSPS) is 21.7. The summed E-state index contributed by atoms with van der Waals surface area (Å²) in [4.78, 5) is 0. The van der Waals surface area contributed by atoms with Crippen LogP contribution in [0.3, 0.4) is 0 Å². The van der Waals surface area contributed by atoms with Gasteiger partial charge in [0.2, 0.25) is 0 Å². The summed E-state index contributed by atoms with van der Waals surface area (Å²) in [5.74, 6) is 1.64. The molecule has 2 aromatic carbocycles. The van der Waals surface area contributed by atoms with Crippen molar-refractivity contribution < 1.29 is 4.74 Å². The molecule has 0 aromatic heterocycles. The Bertz CT molecular complexity index is 819. The molecule has 3 atom stereocenters. The topological polar surface area (TPSA) is 33.0 Å². The molecule has 2 aromatic rings. The Kier molecular flexibility index (Phi) is 5.08. The molecule has 3 rings (SSSR count). The number of rotatable bonds is 5. The molecule has 1 fully saturated rings. The van der Waals surface area contributed by atoms with Gasteiger partial charge in [-0.05, 0) is 47.1 Å². The van der Waals surface area contributed by atoms with E-state index in [1.807, 2.05) is 60.7 Å². The Labute approximate surface area is 158 Å². The number of hydrogen-bond donors (Lipinski definition) is 0. The molecule has 0 N–H and O–H groups in total. The molecule has 0 aliphatic heterocycles. The number of nitrogens with zero attached hydrogens (tertiary/aromatic N) is 1. The maximum atomic E-state index is 9.78. The highest BCUT2D eigenvalue weighted by molar-refractivity contribution is 6.55.